The van der Waals surface area contributed by atoms with Crippen LogP contribution in [-0.2, 0) is 11.3 Å². The molecule has 3 aromatic rings. The molecule has 30 heavy (non-hydrogen) atoms. The van der Waals surface area contributed by atoms with Gasteiger partial charge in [-0.05, 0) is 30.7 Å². The molecule has 0 spiro atoms. The van der Waals surface area contributed by atoms with Crippen molar-refractivity contribution < 1.29 is 14.7 Å². The molecule has 0 unspecified atom stereocenters. The molecule has 0 aliphatic carbocycles. The monoisotopic (exact) mass is 404 g/mol. The van der Waals surface area contributed by atoms with E-state index in [4.69, 9.17) is 21.0 Å². The molecule has 0 radical (unpaired) electrons. The Morgan fingerprint density at radius 1 is 1.03 bits per heavy atom. The average molecular weight is 404 g/mol. The third-order valence-corrected chi connectivity index (χ3v) is 4.04. The molecule has 0 saturated heterocycles. The number of ketones is 1. The average Bonchev–Trinajstić information content (AvgIpc) is 2.72. The molecule has 0 atom stereocenters. The lowest BCUT2D eigenvalue weighted by Gasteiger charge is -2.08. The van der Waals surface area contributed by atoms with Crippen LogP contribution in [0.2, 0.25) is 0 Å². The first kappa shape index (κ1) is 22.3. The van der Waals surface area contributed by atoms with E-state index in [2.05, 4.69) is 10.3 Å². The van der Waals surface area contributed by atoms with Gasteiger partial charge in [-0.25, -0.2) is 4.98 Å². The third kappa shape index (κ3) is 6.87. The van der Waals surface area contributed by atoms with Gasteiger partial charge in [-0.15, -0.1) is 0 Å². The highest BCUT2D eigenvalue weighted by Gasteiger charge is 2.10. The quantitative estimate of drug-likeness (QED) is 0.282. The van der Waals surface area contributed by atoms with Gasteiger partial charge < -0.3 is 16.2 Å². The van der Waals surface area contributed by atoms with Crippen molar-refractivity contribution in [3.05, 3.63) is 94.7 Å². The molecule has 0 aliphatic rings. The Morgan fingerprint density at radius 3 is 2.27 bits per heavy atom. The van der Waals surface area contributed by atoms with Crippen molar-refractivity contribution in [1.82, 2.24) is 4.98 Å². The second-order valence-electron chi connectivity index (χ2n) is 6.61. The van der Waals surface area contributed by atoms with Crippen LogP contribution in [0.25, 0.3) is 0 Å². The third-order valence-electron chi connectivity index (χ3n) is 4.04. The zero-order chi connectivity index (χ0) is 22.1. The Hall–Kier alpha value is -4.00. The number of aromatic nitrogens is 1. The lowest BCUT2D eigenvalue weighted by molar-refractivity contribution is -0.134. The first-order valence-electron chi connectivity index (χ1n) is 9.20. The topological polar surface area (TPSA) is 129 Å². The highest BCUT2D eigenvalue weighted by atomic mass is 16.4. The van der Waals surface area contributed by atoms with E-state index in [0.717, 1.165) is 18.1 Å². The Labute approximate surface area is 175 Å². The van der Waals surface area contributed by atoms with Crippen LogP contribution < -0.4 is 11.1 Å². The lowest BCUT2D eigenvalue weighted by atomic mass is 10.0. The van der Waals surface area contributed by atoms with Crippen LogP contribution in [0.1, 0.15) is 39.5 Å². The number of anilines is 1. The van der Waals surface area contributed by atoms with Gasteiger partial charge in [-0.1, -0.05) is 48.0 Å². The summed E-state index contributed by atoms with van der Waals surface area (Å²) < 4.78 is 0. The minimum atomic E-state index is -0.833. The maximum Gasteiger partial charge on any atom is 0.300 e. The fourth-order valence-electron chi connectivity index (χ4n) is 2.62. The van der Waals surface area contributed by atoms with Crippen molar-refractivity contribution in [3.8, 4) is 0 Å². The molecule has 5 N–H and O–H groups in total. The number of carbonyl (C=O) groups is 2. The van der Waals surface area contributed by atoms with Gasteiger partial charge in [0.1, 0.15) is 11.7 Å². The molecule has 1 aromatic heterocycles. The number of nitrogens with zero attached hydrogens (tertiary/aromatic N) is 1. The van der Waals surface area contributed by atoms with Gasteiger partial charge in [0.2, 0.25) is 0 Å². The van der Waals surface area contributed by atoms with E-state index in [1.54, 1.807) is 18.3 Å². The summed E-state index contributed by atoms with van der Waals surface area (Å²) >= 11 is 0. The van der Waals surface area contributed by atoms with Crippen molar-refractivity contribution in [2.75, 3.05) is 5.32 Å². The standard InChI is InChI=1S/C21H20N4O.C2H4O2/c1-14-3-2-4-17(11-14)20(26)18-9-10-24-19(12-18)25-13-15-5-7-16(8-6-15)21(22)23;1-2(3)4/h2-12H,13H2,1H3,(H3,22,23)(H,24,25);1H3,(H,3,4). The van der Waals surface area contributed by atoms with Gasteiger partial charge >= 0.3 is 0 Å². The molecule has 7 heteroatoms. The van der Waals surface area contributed by atoms with E-state index in [1.807, 2.05) is 55.5 Å². The summed E-state index contributed by atoms with van der Waals surface area (Å²) in [6.07, 6.45) is 1.63. The van der Waals surface area contributed by atoms with Crippen LogP contribution in [0.3, 0.4) is 0 Å². The maximum absolute atomic E-state index is 12.6. The maximum atomic E-state index is 12.6. The predicted molar refractivity (Wildman–Crippen MR) is 117 cm³/mol. The van der Waals surface area contributed by atoms with Crippen molar-refractivity contribution in [2.24, 2.45) is 5.73 Å². The van der Waals surface area contributed by atoms with Crippen LogP contribution in [0.5, 0.6) is 0 Å². The molecule has 2 aromatic carbocycles. The first-order chi connectivity index (χ1) is 14.3. The van der Waals surface area contributed by atoms with Crippen molar-refractivity contribution in [1.29, 1.82) is 5.41 Å². The number of pyridine rings is 1. The van der Waals surface area contributed by atoms with Gasteiger partial charge in [0.15, 0.2) is 5.78 Å². The van der Waals surface area contributed by atoms with Crippen molar-refractivity contribution >= 4 is 23.4 Å². The molecular formula is C23H24N4O3. The first-order valence-corrected chi connectivity index (χ1v) is 9.20. The van der Waals surface area contributed by atoms with E-state index < -0.39 is 5.97 Å². The van der Waals surface area contributed by atoms with Crippen LogP contribution in [0.15, 0.2) is 66.9 Å². The Kier molecular flexibility index (Phi) is 7.82. The zero-order valence-corrected chi connectivity index (χ0v) is 16.8. The van der Waals surface area contributed by atoms with Gasteiger partial charge in [-0.3, -0.25) is 15.0 Å². The number of hydrogen-bond donors (Lipinski definition) is 4. The Morgan fingerprint density at radius 2 is 1.67 bits per heavy atom. The van der Waals surface area contributed by atoms with Gasteiger partial charge in [-0.2, -0.15) is 0 Å². The minimum Gasteiger partial charge on any atom is -0.481 e. The minimum absolute atomic E-state index is 0.0232. The molecule has 0 amide bonds. The fraction of sp³-hybridized carbons (Fsp3) is 0.130. The number of aryl methyl sites for hydroxylation is 1. The second kappa shape index (κ2) is 10.5. The Bertz CT molecular complexity index is 1040. The number of hydrogen-bond acceptors (Lipinski definition) is 5. The fourth-order valence-corrected chi connectivity index (χ4v) is 2.62. The number of aliphatic carboxylic acids is 1. The molecule has 0 saturated carbocycles. The van der Waals surface area contributed by atoms with E-state index >= 15 is 0 Å². The van der Waals surface area contributed by atoms with E-state index in [1.165, 1.54) is 0 Å². The SMILES string of the molecule is CC(=O)O.Cc1cccc(C(=O)c2ccnc(NCc3ccc(C(=N)N)cc3)c2)c1. The van der Waals surface area contributed by atoms with E-state index in [0.29, 0.717) is 29.1 Å². The summed E-state index contributed by atoms with van der Waals surface area (Å²) in [5.74, 6) is -0.169. The second-order valence-corrected chi connectivity index (χ2v) is 6.61. The summed E-state index contributed by atoms with van der Waals surface area (Å²) in [6, 6.07) is 18.5. The molecule has 0 fully saturated rings. The number of nitrogen functional groups attached to an aromatic ring is 1. The van der Waals surface area contributed by atoms with Crippen LogP contribution in [0.4, 0.5) is 5.82 Å². The highest BCUT2D eigenvalue weighted by Crippen LogP contribution is 2.15. The van der Waals surface area contributed by atoms with E-state index in [9.17, 15) is 4.79 Å². The summed E-state index contributed by atoms with van der Waals surface area (Å²) in [5, 5.41) is 18.0. The molecule has 0 bridgehead atoms. The molecule has 3 rings (SSSR count). The summed E-state index contributed by atoms with van der Waals surface area (Å²) in [7, 11) is 0. The highest BCUT2D eigenvalue weighted by molar-refractivity contribution is 6.09. The van der Waals surface area contributed by atoms with Crippen LogP contribution in [0, 0.1) is 12.3 Å². The zero-order valence-electron chi connectivity index (χ0n) is 16.8. The van der Waals surface area contributed by atoms with Gasteiger partial charge in [0, 0.05) is 36.4 Å². The normalized spacial score (nSPS) is 9.80. The van der Waals surface area contributed by atoms with Gasteiger partial charge in [0.25, 0.3) is 5.97 Å². The molecule has 7 nitrogen and oxygen atoms in total. The number of nitrogens with two attached hydrogens (primary N) is 1. The number of nitrogens with one attached hydrogen (secondary N) is 2. The summed E-state index contributed by atoms with van der Waals surface area (Å²) in [4.78, 5) is 25.9. The number of carboxylic acid groups (broad SMARTS) is 1. The summed E-state index contributed by atoms with van der Waals surface area (Å²) in [6.45, 7) is 3.61. The number of amidine groups is 1. The number of rotatable bonds is 6. The lowest BCUT2D eigenvalue weighted by Crippen LogP contribution is -2.11. The smallest absolute Gasteiger partial charge is 0.300 e. The van der Waals surface area contributed by atoms with Crippen LogP contribution in [-0.4, -0.2) is 27.7 Å². The number of carbonyl (C=O) groups excluding carboxylic acids is 1. The molecule has 154 valence electrons. The largest absolute Gasteiger partial charge is 0.481 e. The molecular weight excluding hydrogens is 380 g/mol. The Balaban J connectivity index is 0.000000735. The predicted octanol–water partition coefficient (Wildman–Crippen LogP) is 3.61. The van der Waals surface area contributed by atoms with Crippen molar-refractivity contribution in [2.45, 2.75) is 20.4 Å². The summed E-state index contributed by atoms with van der Waals surface area (Å²) in [5.41, 5.74) is 9.50. The number of carboxylic acids is 1. The molecule has 0 aliphatic heterocycles. The van der Waals surface area contributed by atoms with Crippen LogP contribution >= 0.6 is 0 Å². The van der Waals surface area contributed by atoms with E-state index in [-0.39, 0.29) is 11.6 Å². The molecule has 1 heterocycles. The van der Waals surface area contributed by atoms with Crippen molar-refractivity contribution in [3.63, 3.8) is 0 Å². The van der Waals surface area contributed by atoms with Gasteiger partial charge in [0.05, 0.1) is 0 Å². The number of benzene rings is 2.